The molecule has 2 aliphatic heterocycles. The third-order valence-electron chi connectivity index (χ3n) is 6.92. The molecule has 4 atom stereocenters. The van der Waals surface area contributed by atoms with Gasteiger partial charge in [-0.15, -0.1) is 0 Å². The zero-order valence-corrected chi connectivity index (χ0v) is 17.1. The lowest BCUT2D eigenvalue weighted by Gasteiger charge is -2.40. The Morgan fingerprint density at radius 1 is 1.16 bits per heavy atom. The average Bonchev–Trinajstić information content (AvgIpc) is 3.35. The van der Waals surface area contributed by atoms with Crippen molar-refractivity contribution < 1.29 is 27.9 Å². The summed E-state index contributed by atoms with van der Waals surface area (Å²) in [7, 11) is 0. The zero-order chi connectivity index (χ0) is 22.9. The van der Waals surface area contributed by atoms with E-state index in [1.807, 2.05) is 0 Å². The van der Waals surface area contributed by atoms with E-state index in [1.54, 1.807) is 4.90 Å². The second-order valence-corrected chi connectivity index (χ2v) is 8.71. The maximum Gasteiger partial charge on any atom is 0.275 e. The normalized spacial score (nSPS) is 24.3. The van der Waals surface area contributed by atoms with Crippen molar-refractivity contribution in [2.45, 2.75) is 50.9 Å². The fourth-order valence-electron chi connectivity index (χ4n) is 5.37. The average molecular weight is 447 g/mol. The summed E-state index contributed by atoms with van der Waals surface area (Å²) in [4.78, 5) is 40.2. The van der Waals surface area contributed by atoms with E-state index in [1.165, 1.54) is 17.7 Å². The number of fused-ring (bicyclic) bond motifs is 6. The van der Waals surface area contributed by atoms with Crippen LogP contribution in [-0.2, 0) is 6.54 Å². The maximum atomic E-state index is 14.0. The first-order valence-corrected chi connectivity index (χ1v) is 10.4. The van der Waals surface area contributed by atoms with E-state index in [9.17, 15) is 32.7 Å². The molecule has 0 radical (unpaired) electrons. The Bertz CT molecular complexity index is 1230. The van der Waals surface area contributed by atoms with Crippen LogP contribution in [0.25, 0.3) is 0 Å². The number of amides is 2. The number of carbonyl (C=O) groups excluding carboxylic acids is 2. The molecule has 2 aromatic rings. The van der Waals surface area contributed by atoms with Gasteiger partial charge in [0.2, 0.25) is 5.43 Å². The highest BCUT2D eigenvalue weighted by Gasteiger charge is 2.51. The van der Waals surface area contributed by atoms with Gasteiger partial charge in [-0.2, -0.15) is 0 Å². The van der Waals surface area contributed by atoms with Crippen molar-refractivity contribution >= 4 is 11.8 Å². The van der Waals surface area contributed by atoms with Crippen LogP contribution in [0.4, 0.5) is 13.2 Å². The molecule has 7 nitrogen and oxygen atoms in total. The van der Waals surface area contributed by atoms with Crippen LogP contribution in [0, 0.1) is 23.4 Å². The molecule has 3 aliphatic rings. The van der Waals surface area contributed by atoms with Crippen molar-refractivity contribution in [1.82, 2.24) is 14.8 Å². The maximum absolute atomic E-state index is 14.0. The monoisotopic (exact) mass is 447 g/mol. The number of piperidine rings is 1. The number of aromatic nitrogens is 1. The van der Waals surface area contributed by atoms with Crippen LogP contribution in [0.5, 0.6) is 5.75 Å². The predicted octanol–water partition coefficient (Wildman–Crippen LogP) is 2.47. The number of carbonyl (C=O) groups is 2. The van der Waals surface area contributed by atoms with Gasteiger partial charge >= 0.3 is 0 Å². The van der Waals surface area contributed by atoms with Gasteiger partial charge in [0.25, 0.3) is 11.8 Å². The quantitative estimate of drug-likeness (QED) is 0.708. The van der Waals surface area contributed by atoms with Gasteiger partial charge in [0, 0.05) is 30.4 Å². The van der Waals surface area contributed by atoms with E-state index >= 15 is 0 Å². The summed E-state index contributed by atoms with van der Waals surface area (Å²) in [5.74, 6) is -5.51. The summed E-state index contributed by atoms with van der Waals surface area (Å²) in [5.41, 5.74) is -1.89. The highest BCUT2D eigenvalue weighted by molar-refractivity contribution is 5.99. The Hall–Kier alpha value is -3.30. The molecule has 168 valence electrons. The third kappa shape index (κ3) is 2.92. The van der Waals surface area contributed by atoms with Crippen LogP contribution in [0.2, 0.25) is 0 Å². The lowest BCUT2D eigenvalue weighted by Crippen LogP contribution is -2.52. The van der Waals surface area contributed by atoms with E-state index in [4.69, 9.17) is 0 Å². The van der Waals surface area contributed by atoms with Crippen LogP contribution in [0.15, 0.2) is 23.1 Å². The molecule has 32 heavy (non-hydrogen) atoms. The van der Waals surface area contributed by atoms with Crippen LogP contribution >= 0.6 is 0 Å². The number of aromatic hydroxyl groups is 1. The van der Waals surface area contributed by atoms with E-state index in [0.717, 1.165) is 19.3 Å². The number of halogens is 3. The lowest BCUT2D eigenvalue weighted by molar-refractivity contribution is 0.0482. The molecule has 2 amide bonds. The van der Waals surface area contributed by atoms with Crippen LogP contribution in [-0.4, -0.2) is 38.5 Å². The topological polar surface area (TPSA) is 91.6 Å². The number of pyridine rings is 1. The van der Waals surface area contributed by atoms with Gasteiger partial charge in [-0.05, 0) is 38.2 Å². The second-order valence-electron chi connectivity index (χ2n) is 8.71. The van der Waals surface area contributed by atoms with Crippen molar-refractivity contribution in [3.8, 4) is 5.75 Å². The SMILES string of the molecule is C[C@@H](NC(=O)c1cn2c(c(O)c1=O)C(=O)N1[C@H]3CC[C@H](C3)[C@@H]1C2)c1cc(F)c(F)cc1F. The molecule has 2 N–H and O–H groups in total. The number of rotatable bonds is 3. The Morgan fingerprint density at radius 3 is 2.62 bits per heavy atom. The summed E-state index contributed by atoms with van der Waals surface area (Å²) >= 11 is 0. The number of nitrogens with zero attached hydrogens (tertiary/aromatic N) is 2. The minimum atomic E-state index is -1.36. The molecular formula is C22H20F3N3O4. The zero-order valence-electron chi connectivity index (χ0n) is 17.1. The van der Waals surface area contributed by atoms with Gasteiger partial charge < -0.3 is 19.9 Å². The molecule has 1 aromatic carbocycles. The van der Waals surface area contributed by atoms with Gasteiger partial charge in [-0.3, -0.25) is 14.4 Å². The molecule has 0 unspecified atom stereocenters. The lowest BCUT2D eigenvalue weighted by atomic mass is 9.95. The molecule has 10 heteroatoms. The van der Waals surface area contributed by atoms with Crippen LogP contribution in [0.3, 0.4) is 0 Å². The van der Waals surface area contributed by atoms with Crippen molar-refractivity contribution in [1.29, 1.82) is 0 Å². The molecular weight excluding hydrogens is 427 g/mol. The number of benzene rings is 1. The number of nitrogens with one attached hydrogen (secondary N) is 1. The second kappa shape index (κ2) is 7.11. The van der Waals surface area contributed by atoms with Gasteiger partial charge in [-0.25, -0.2) is 13.2 Å². The highest BCUT2D eigenvalue weighted by atomic mass is 19.2. The fourth-order valence-corrected chi connectivity index (χ4v) is 5.37. The van der Waals surface area contributed by atoms with Gasteiger partial charge in [-0.1, -0.05) is 0 Å². The smallest absolute Gasteiger partial charge is 0.275 e. The van der Waals surface area contributed by atoms with E-state index in [-0.39, 0.29) is 23.3 Å². The first kappa shape index (κ1) is 20.6. The first-order valence-electron chi connectivity index (χ1n) is 10.4. The molecule has 1 aromatic heterocycles. The standard InChI is InChI=1S/C22H20F3N3O4/c1-9(12-5-15(24)16(25)6-14(12)23)26-21(31)13-7-27-8-17-10-2-3-11(4-10)28(17)22(32)18(27)20(30)19(13)29/h5-7,9-11,17,30H,2-4,8H2,1H3,(H,26,31)/t9-,10-,11+,17+/m1/s1. The molecule has 5 rings (SSSR count). The summed E-state index contributed by atoms with van der Waals surface area (Å²) in [6.07, 6.45) is 4.02. The fraction of sp³-hybridized carbons (Fsp3) is 0.409. The van der Waals surface area contributed by atoms with Crippen LogP contribution in [0.1, 0.15) is 58.6 Å². The minimum Gasteiger partial charge on any atom is -0.503 e. The van der Waals surface area contributed by atoms with Gasteiger partial charge in [0.1, 0.15) is 11.4 Å². The van der Waals surface area contributed by atoms with E-state index < -0.39 is 52.0 Å². The molecule has 2 bridgehead atoms. The van der Waals surface area contributed by atoms with Crippen LogP contribution < -0.4 is 10.7 Å². The molecule has 2 fully saturated rings. The van der Waals surface area contributed by atoms with Gasteiger partial charge in [0.15, 0.2) is 23.1 Å². The molecule has 1 aliphatic carbocycles. The van der Waals surface area contributed by atoms with E-state index in [2.05, 4.69) is 5.32 Å². The summed E-state index contributed by atoms with van der Waals surface area (Å²) < 4.78 is 42.2. The molecule has 1 saturated carbocycles. The minimum absolute atomic E-state index is 0.0539. The number of hydrogen-bond acceptors (Lipinski definition) is 4. The highest BCUT2D eigenvalue weighted by Crippen LogP contribution is 2.45. The largest absolute Gasteiger partial charge is 0.503 e. The summed E-state index contributed by atoms with van der Waals surface area (Å²) in [6.45, 7) is 1.70. The Balaban J connectivity index is 1.47. The van der Waals surface area contributed by atoms with Crippen molar-refractivity contribution in [2.24, 2.45) is 5.92 Å². The molecule has 0 spiro atoms. The predicted molar refractivity (Wildman–Crippen MR) is 106 cm³/mol. The van der Waals surface area contributed by atoms with E-state index in [0.29, 0.717) is 24.6 Å². The molecule has 1 saturated heterocycles. The third-order valence-corrected chi connectivity index (χ3v) is 6.92. The summed E-state index contributed by atoms with van der Waals surface area (Å²) in [6, 6.07) is -0.0327. The summed E-state index contributed by atoms with van der Waals surface area (Å²) in [5, 5.41) is 12.9. The van der Waals surface area contributed by atoms with Crippen molar-refractivity contribution in [2.75, 3.05) is 0 Å². The van der Waals surface area contributed by atoms with Crippen molar-refractivity contribution in [3.63, 3.8) is 0 Å². The van der Waals surface area contributed by atoms with Crippen molar-refractivity contribution in [3.05, 3.63) is 62.8 Å². The Morgan fingerprint density at radius 2 is 1.88 bits per heavy atom. The first-order chi connectivity index (χ1) is 15.2. The molecule has 3 heterocycles. The van der Waals surface area contributed by atoms with Gasteiger partial charge in [0.05, 0.1) is 12.1 Å². The Kier molecular flexibility index (Phi) is 4.58. The number of hydrogen-bond donors (Lipinski definition) is 2. The Labute approximate surface area is 180 Å².